The molecule has 3 heteroatoms. The van der Waals surface area contributed by atoms with E-state index >= 15 is 0 Å². The lowest BCUT2D eigenvalue weighted by Crippen LogP contribution is -2.05. The second-order valence-electron chi connectivity index (χ2n) is 5.51. The van der Waals surface area contributed by atoms with Crippen LogP contribution in [0.4, 0.5) is 0 Å². The number of hydrogen-bond acceptors (Lipinski definition) is 1. The minimum absolute atomic E-state index is 0.481. The number of nitrogens with zero attached hydrogens (tertiary/aromatic N) is 2. The molecular formula is C15H23N3. The lowest BCUT2D eigenvalue weighted by Gasteiger charge is -2.11. The molecule has 0 saturated carbocycles. The topological polar surface area (TPSA) is 33.6 Å². The predicted octanol–water partition coefficient (Wildman–Crippen LogP) is 3.53. The minimum atomic E-state index is 0.481. The average Bonchev–Trinajstić information content (AvgIpc) is 2.88. The van der Waals surface area contributed by atoms with E-state index in [0.29, 0.717) is 11.8 Å². The first-order valence-corrected chi connectivity index (χ1v) is 6.64. The molecule has 0 aliphatic rings. The Morgan fingerprint density at radius 1 is 1.33 bits per heavy atom. The molecule has 2 heterocycles. The maximum absolute atomic E-state index is 4.37. The van der Waals surface area contributed by atoms with Crippen LogP contribution in [0.1, 0.15) is 55.4 Å². The Hall–Kier alpha value is -1.51. The normalized spacial score (nSPS) is 13.2. The summed E-state index contributed by atoms with van der Waals surface area (Å²) in [7, 11) is 2.09. The molecule has 98 valence electrons. The van der Waals surface area contributed by atoms with Crippen molar-refractivity contribution in [3.63, 3.8) is 0 Å². The molecule has 1 atom stereocenters. The monoisotopic (exact) mass is 245 g/mol. The van der Waals surface area contributed by atoms with Crippen LogP contribution in [-0.2, 0) is 13.5 Å². The number of aryl methyl sites for hydroxylation is 1. The van der Waals surface area contributed by atoms with Crippen LogP contribution < -0.4 is 0 Å². The first kappa shape index (κ1) is 12.9. The van der Waals surface area contributed by atoms with Crippen LogP contribution in [0.15, 0.2) is 18.5 Å². The van der Waals surface area contributed by atoms with Gasteiger partial charge in [0.05, 0.1) is 0 Å². The highest BCUT2D eigenvalue weighted by atomic mass is 15.1. The Labute approximate surface area is 109 Å². The summed E-state index contributed by atoms with van der Waals surface area (Å²) in [5.41, 5.74) is 4.00. The van der Waals surface area contributed by atoms with Gasteiger partial charge in [-0.2, -0.15) is 0 Å². The Balaban J connectivity index is 2.11. The van der Waals surface area contributed by atoms with Crippen LogP contribution in [0.3, 0.4) is 0 Å². The minimum Gasteiger partial charge on any atom is -0.365 e. The van der Waals surface area contributed by atoms with Crippen molar-refractivity contribution >= 4 is 0 Å². The standard InChI is InChI=1S/C15H23N3/c1-10(2)13-7-14(17-8-13)6-11(3)15-9-16-12(4)18(15)5/h7-11,17H,6H2,1-5H3. The van der Waals surface area contributed by atoms with Crippen molar-refractivity contribution in [3.8, 4) is 0 Å². The third-order valence-corrected chi connectivity index (χ3v) is 3.72. The van der Waals surface area contributed by atoms with Crippen LogP contribution in [0.25, 0.3) is 0 Å². The highest BCUT2D eigenvalue weighted by molar-refractivity contribution is 5.22. The van der Waals surface area contributed by atoms with Crippen LogP contribution in [-0.4, -0.2) is 14.5 Å². The van der Waals surface area contributed by atoms with E-state index in [1.807, 2.05) is 13.1 Å². The first-order valence-electron chi connectivity index (χ1n) is 6.64. The lowest BCUT2D eigenvalue weighted by atomic mass is 10.0. The molecule has 2 rings (SSSR count). The zero-order valence-electron chi connectivity index (χ0n) is 12.0. The first-order chi connectivity index (χ1) is 8.49. The Kier molecular flexibility index (Phi) is 3.60. The van der Waals surface area contributed by atoms with E-state index < -0.39 is 0 Å². The zero-order chi connectivity index (χ0) is 13.3. The van der Waals surface area contributed by atoms with Gasteiger partial charge in [0.15, 0.2) is 0 Å². The summed E-state index contributed by atoms with van der Waals surface area (Å²) < 4.78 is 2.18. The van der Waals surface area contributed by atoms with E-state index in [2.05, 4.69) is 54.6 Å². The summed E-state index contributed by atoms with van der Waals surface area (Å²) in [6.07, 6.45) is 5.15. The molecular weight excluding hydrogens is 222 g/mol. The summed E-state index contributed by atoms with van der Waals surface area (Å²) in [5, 5.41) is 0. The van der Waals surface area contributed by atoms with Crippen molar-refractivity contribution in [1.82, 2.24) is 14.5 Å². The van der Waals surface area contributed by atoms with Crippen LogP contribution in [0.2, 0.25) is 0 Å². The van der Waals surface area contributed by atoms with Crippen LogP contribution >= 0.6 is 0 Å². The number of hydrogen-bond donors (Lipinski definition) is 1. The van der Waals surface area contributed by atoms with Crippen molar-refractivity contribution in [3.05, 3.63) is 41.2 Å². The highest BCUT2D eigenvalue weighted by Gasteiger charge is 2.13. The molecule has 0 radical (unpaired) electrons. The molecule has 1 unspecified atom stereocenters. The van der Waals surface area contributed by atoms with Gasteiger partial charge in [0.2, 0.25) is 0 Å². The lowest BCUT2D eigenvalue weighted by molar-refractivity contribution is 0.666. The predicted molar refractivity (Wildman–Crippen MR) is 74.9 cm³/mol. The molecule has 2 aromatic rings. The summed E-state index contributed by atoms with van der Waals surface area (Å²) in [6.45, 7) is 8.75. The molecule has 1 N–H and O–H groups in total. The fraction of sp³-hybridized carbons (Fsp3) is 0.533. The molecule has 0 bridgehead atoms. The summed E-state index contributed by atoms with van der Waals surface area (Å²) in [5.74, 6) is 2.14. The summed E-state index contributed by atoms with van der Waals surface area (Å²) in [4.78, 5) is 7.75. The van der Waals surface area contributed by atoms with Gasteiger partial charge in [-0.05, 0) is 30.9 Å². The van der Waals surface area contributed by atoms with Gasteiger partial charge >= 0.3 is 0 Å². The number of rotatable bonds is 4. The average molecular weight is 245 g/mol. The molecule has 0 aromatic carbocycles. The molecule has 0 amide bonds. The van der Waals surface area contributed by atoms with Gasteiger partial charge in [-0.3, -0.25) is 0 Å². The van der Waals surface area contributed by atoms with Crippen molar-refractivity contribution in [2.45, 2.75) is 46.0 Å². The Morgan fingerprint density at radius 2 is 2.06 bits per heavy atom. The SMILES string of the molecule is Cc1ncc(C(C)Cc2cc(C(C)C)c[nH]2)n1C. The van der Waals surface area contributed by atoms with Crippen molar-refractivity contribution < 1.29 is 0 Å². The van der Waals surface area contributed by atoms with Crippen LogP contribution in [0, 0.1) is 6.92 Å². The molecule has 2 aromatic heterocycles. The second kappa shape index (κ2) is 5.01. The quantitative estimate of drug-likeness (QED) is 0.878. The fourth-order valence-corrected chi connectivity index (χ4v) is 2.32. The van der Waals surface area contributed by atoms with Crippen molar-refractivity contribution in [2.24, 2.45) is 7.05 Å². The van der Waals surface area contributed by atoms with Crippen LogP contribution in [0.5, 0.6) is 0 Å². The fourth-order valence-electron chi connectivity index (χ4n) is 2.32. The second-order valence-corrected chi connectivity index (χ2v) is 5.51. The van der Waals surface area contributed by atoms with Gasteiger partial charge < -0.3 is 9.55 Å². The smallest absolute Gasteiger partial charge is 0.105 e. The Bertz CT molecular complexity index is 520. The largest absolute Gasteiger partial charge is 0.365 e. The molecule has 0 fully saturated rings. The number of imidazole rings is 1. The van der Waals surface area contributed by atoms with Crippen molar-refractivity contribution in [2.75, 3.05) is 0 Å². The molecule has 3 nitrogen and oxygen atoms in total. The summed E-state index contributed by atoms with van der Waals surface area (Å²) >= 11 is 0. The van der Waals surface area contributed by atoms with E-state index in [1.54, 1.807) is 0 Å². The third-order valence-electron chi connectivity index (χ3n) is 3.72. The molecule has 0 aliphatic heterocycles. The van der Waals surface area contributed by atoms with E-state index in [1.165, 1.54) is 17.0 Å². The number of nitrogens with one attached hydrogen (secondary N) is 1. The number of aromatic nitrogens is 3. The molecule has 0 aliphatic carbocycles. The molecule has 18 heavy (non-hydrogen) atoms. The van der Waals surface area contributed by atoms with Gasteiger partial charge in [-0.25, -0.2) is 4.98 Å². The highest BCUT2D eigenvalue weighted by Crippen LogP contribution is 2.22. The van der Waals surface area contributed by atoms with E-state index in [0.717, 1.165) is 12.2 Å². The van der Waals surface area contributed by atoms with E-state index in [4.69, 9.17) is 0 Å². The van der Waals surface area contributed by atoms with Gasteiger partial charge in [0, 0.05) is 36.7 Å². The molecule has 0 saturated heterocycles. The number of H-pyrrole nitrogens is 1. The summed E-state index contributed by atoms with van der Waals surface area (Å²) in [6, 6.07) is 2.28. The Morgan fingerprint density at radius 3 is 2.56 bits per heavy atom. The van der Waals surface area contributed by atoms with Crippen molar-refractivity contribution in [1.29, 1.82) is 0 Å². The maximum atomic E-state index is 4.37. The van der Waals surface area contributed by atoms with E-state index in [-0.39, 0.29) is 0 Å². The van der Waals surface area contributed by atoms with Gasteiger partial charge in [0.25, 0.3) is 0 Å². The molecule has 0 spiro atoms. The van der Waals surface area contributed by atoms with Gasteiger partial charge in [0.1, 0.15) is 5.82 Å². The number of aromatic amines is 1. The van der Waals surface area contributed by atoms with E-state index in [9.17, 15) is 0 Å². The van der Waals surface area contributed by atoms with Gasteiger partial charge in [-0.15, -0.1) is 0 Å². The third kappa shape index (κ3) is 2.50. The zero-order valence-corrected chi connectivity index (χ0v) is 12.0. The van der Waals surface area contributed by atoms with Gasteiger partial charge in [-0.1, -0.05) is 20.8 Å². The maximum Gasteiger partial charge on any atom is 0.105 e.